The monoisotopic (exact) mass is 446 g/mol. The van der Waals surface area contributed by atoms with Crippen molar-refractivity contribution in [1.29, 1.82) is 0 Å². The molecule has 0 amide bonds. The number of ether oxygens (including phenoxy) is 3. The summed E-state index contributed by atoms with van der Waals surface area (Å²) in [5.41, 5.74) is 8.92. The van der Waals surface area contributed by atoms with Crippen molar-refractivity contribution in [2.24, 2.45) is 10.7 Å². The lowest BCUT2D eigenvalue weighted by Gasteiger charge is -2.39. The van der Waals surface area contributed by atoms with E-state index >= 15 is 0 Å². The van der Waals surface area contributed by atoms with Gasteiger partial charge in [-0.05, 0) is 48.7 Å². The molecular formula is C25H23FN4O3. The number of pyridine rings is 2. The van der Waals surface area contributed by atoms with Crippen LogP contribution in [-0.4, -0.2) is 42.2 Å². The highest BCUT2D eigenvalue weighted by molar-refractivity contribution is 5.84. The summed E-state index contributed by atoms with van der Waals surface area (Å²) >= 11 is 0. The van der Waals surface area contributed by atoms with Crippen LogP contribution >= 0.6 is 0 Å². The molecule has 7 nitrogen and oxygen atoms in total. The molecule has 33 heavy (non-hydrogen) atoms. The van der Waals surface area contributed by atoms with E-state index in [9.17, 15) is 4.39 Å². The number of hydrogen-bond donors (Lipinski definition) is 1. The molecule has 168 valence electrons. The standard InChI is InChI=1S/C25H23FN4O3/c26-24-17(4-1-7-28-24)15-5-6-21-18(9-15)25(14-32-13-23(27)30-25)19-10-20(29-11-22(19)33-21)16-3-2-8-31-12-16/h1,4-7,9-11,16H,2-3,8,12-14H2,(H2,27,30)/t16-,25+/m1/s1. The van der Waals surface area contributed by atoms with E-state index in [-0.39, 0.29) is 12.5 Å². The van der Waals surface area contributed by atoms with Gasteiger partial charge in [0.25, 0.3) is 0 Å². The van der Waals surface area contributed by atoms with Crippen LogP contribution in [-0.2, 0) is 15.0 Å². The molecule has 2 atom stereocenters. The van der Waals surface area contributed by atoms with Crippen molar-refractivity contribution in [3.8, 4) is 22.6 Å². The molecule has 3 aliphatic rings. The summed E-state index contributed by atoms with van der Waals surface area (Å²) in [6, 6.07) is 11.0. The van der Waals surface area contributed by atoms with E-state index in [1.165, 1.54) is 6.20 Å². The first-order chi connectivity index (χ1) is 16.1. The summed E-state index contributed by atoms with van der Waals surface area (Å²) < 4.78 is 32.3. The number of fused-ring (bicyclic) bond motifs is 4. The van der Waals surface area contributed by atoms with Crippen LogP contribution in [0.2, 0.25) is 0 Å². The van der Waals surface area contributed by atoms with Gasteiger partial charge in [0.1, 0.15) is 23.7 Å². The van der Waals surface area contributed by atoms with Crippen LogP contribution in [0.1, 0.15) is 35.6 Å². The molecule has 3 aromatic rings. The average molecular weight is 446 g/mol. The Hall–Kier alpha value is -3.36. The number of benzene rings is 1. The Bertz CT molecular complexity index is 1260. The minimum Gasteiger partial charge on any atom is -0.455 e. The SMILES string of the molecule is NC1=N[C@@]2(COC1)c1cc(-c3cccnc3F)ccc1Oc1cnc([C@@H]3CCCOC3)cc12. The third-order valence-corrected chi connectivity index (χ3v) is 6.52. The van der Waals surface area contributed by atoms with Crippen molar-refractivity contribution >= 4 is 5.84 Å². The molecule has 2 aromatic heterocycles. The van der Waals surface area contributed by atoms with Gasteiger partial charge in [-0.2, -0.15) is 4.39 Å². The molecule has 8 heteroatoms. The Balaban J connectivity index is 1.53. The Labute approximate surface area is 190 Å². The second-order valence-electron chi connectivity index (χ2n) is 8.63. The van der Waals surface area contributed by atoms with Gasteiger partial charge in [0, 0.05) is 41.1 Å². The smallest absolute Gasteiger partial charge is 0.220 e. The van der Waals surface area contributed by atoms with Gasteiger partial charge in [-0.3, -0.25) is 9.98 Å². The molecule has 0 aliphatic carbocycles. The Kier molecular flexibility index (Phi) is 4.85. The predicted octanol–water partition coefficient (Wildman–Crippen LogP) is 3.91. The maximum absolute atomic E-state index is 14.5. The first-order valence-corrected chi connectivity index (χ1v) is 11.1. The summed E-state index contributed by atoms with van der Waals surface area (Å²) in [5, 5.41) is 0. The lowest BCUT2D eigenvalue weighted by Crippen LogP contribution is -2.42. The lowest BCUT2D eigenvalue weighted by molar-refractivity contribution is 0.0790. The van der Waals surface area contributed by atoms with Gasteiger partial charge in [-0.1, -0.05) is 6.07 Å². The van der Waals surface area contributed by atoms with Gasteiger partial charge in [-0.15, -0.1) is 0 Å². The molecule has 0 radical (unpaired) electrons. The largest absolute Gasteiger partial charge is 0.455 e. The van der Waals surface area contributed by atoms with Gasteiger partial charge in [0.15, 0.2) is 5.75 Å². The van der Waals surface area contributed by atoms with E-state index in [0.29, 0.717) is 41.7 Å². The second-order valence-corrected chi connectivity index (χ2v) is 8.63. The summed E-state index contributed by atoms with van der Waals surface area (Å²) in [4.78, 5) is 13.4. The van der Waals surface area contributed by atoms with Crippen molar-refractivity contribution in [3.05, 3.63) is 71.6 Å². The molecule has 6 rings (SSSR count). The minimum atomic E-state index is -0.910. The van der Waals surface area contributed by atoms with E-state index in [1.54, 1.807) is 18.3 Å². The van der Waals surface area contributed by atoms with Gasteiger partial charge < -0.3 is 19.9 Å². The highest BCUT2D eigenvalue weighted by atomic mass is 19.1. The molecule has 3 aliphatic heterocycles. The number of aliphatic imine (C=N–C) groups is 1. The predicted molar refractivity (Wildman–Crippen MR) is 120 cm³/mol. The lowest BCUT2D eigenvalue weighted by atomic mass is 9.79. The fourth-order valence-electron chi connectivity index (χ4n) is 4.92. The van der Waals surface area contributed by atoms with Gasteiger partial charge in [0.05, 0.1) is 19.4 Å². The molecule has 1 saturated heterocycles. The fourth-order valence-corrected chi connectivity index (χ4v) is 4.92. The third-order valence-electron chi connectivity index (χ3n) is 6.52. The fraction of sp³-hybridized carbons (Fsp3) is 0.320. The summed E-state index contributed by atoms with van der Waals surface area (Å²) in [7, 11) is 0. The molecule has 0 bridgehead atoms. The van der Waals surface area contributed by atoms with Crippen LogP contribution < -0.4 is 10.5 Å². The molecule has 0 saturated carbocycles. The van der Waals surface area contributed by atoms with E-state index in [0.717, 1.165) is 36.3 Å². The van der Waals surface area contributed by atoms with Crippen molar-refractivity contribution in [3.63, 3.8) is 0 Å². The van der Waals surface area contributed by atoms with Crippen LogP contribution in [0.3, 0.4) is 0 Å². The zero-order valence-corrected chi connectivity index (χ0v) is 18.0. The Morgan fingerprint density at radius 3 is 2.79 bits per heavy atom. The van der Waals surface area contributed by atoms with Gasteiger partial charge in [0.2, 0.25) is 5.95 Å². The maximum atomic E-state index is 14.5. The third kappa shape index (κ3) is 3.37. The maximum Gasteiger partial charge on any atom is 0.220 e. The number of aromatic nitrogens is 2. The number of amidine groups is 1. The van der Waals surface area contributed by atoms with Crippen LogP contribution in [0.25, 0.3) is 11.1 Å². The topological polar surface area (TPSA) is 91.9 Å². The van der Waals surface area contributed by atoms with Crippen molar-refractivity contribution in [2.75, 3.05) is 26.4 Å². The van der Waals surface area contributed by atoms with Crippen LogP contribution in [0, 0.1) is 5.95 Å². The summed E-state index contributed by atoms with van der Waals surface area (Å²) in [6.07, 6.45) is 5.20. The van der Waals surface area contributed by atoms with Gasteiger partial charge >= 0.3 is 0 Å². The highest BCUT2D eigenvalue weighted by Crippen LogP contribution is 2.51. The first-order valence-electron chi connectivity index (χ1n) is 11.1. The molecule has 1 spiro atoms. The van der Waals surface area contributed by atoms with Crippen molar-refractivity contribution in [2.45, 2.75) is 24.3 Å². The molecule has 0 unspecified atom stereocenters. The van der Waals surface area contributed by atoms with E-state index in [1.807, 2.05) is 24.3 Å². The first kappa shape index (κ1) is 20.3. The minimum absolute atomic E-state index is 0.212. The second kappa shape index (κ2) is 7.90. The Morgan fingerprint density at radius 2 is 1.97 bits per heavy atom. The Morgan fingerprint density at radius 1 is 1.06 bits per heavy atom. The van der Waals surface area contributed by atoms with Crippen LogP contribution in [0.5, 0.6) is 11.5 Å². The van der Waals surface area contributed by atoms with Crippen molar-refractivity contribution in [1.82, 2.24) is 9.97 Å². The molecule has 2 N–H and O–H groups in total. The van der Waals surface area contributed by atoms with E-state index in [2.05, 4.69) is 9.97 Å². The van der Waals surface area contributed by atoms with E-state index < -0.39 is 11.5 Å². The molecule has 1 fully saturated rings. The zero-order valence-electron chi connectivity index (χ0n) is 18.0. The average Bonchev–Trinajstić information content (AvgIpc) is 2.85. The molecule has 5 heterocycles. The van der Waals surface area contributed by atoms with Crippen LogP contribution in [0.15, 0.2) is 53.8 Å². The highest BCUT2D eigenvalue weighted by Gasteiger charge is 2.45. The number of halogens is 1. The zero-order chi connectivity index (χ0) is 22.4. The van der Waals surface area contributed by atoms with Crippen LogP contribution in [0.4, 0.5) is 4.39 Å². The number of rotatable bonds is 2. The number of nitrogens with two attached hydrogens (primary N) is 1. The quantitative estimate of drug-likeness (QED) is 0.600. The number of nitrogens with zero attached hydrogens (tertiary/aromatic N) is 3. The normalized spacial score (nSPS) is 23.9. The number of hydrogen-bond acceptors (Lipinski definition) is 7. The summed E-state index contributed by atoms with van der Waals surface area (Å²) in [6.45, 7) is 1.98. The molecular weight excluding hydrogens is 423 g/mol. The van der Waals surface area contributed by atoms with Crippen molar-refractivity contribution < 1.29 is 18.6 Å². The van der Waals surface area contributed by atoms with E-state index in [4.69, 9.17) is 24.9 Å². The van der Waals surface area contributed by atoms with Gasteiger partial charge in [-0.25, -0.2) is 4.98 Å². The molecule has 1 aromatic carbocycles. The summed E-state index contributed by atoms with van der Waals surface area (Å²) in [5.74, 6) is 1.32.